The molecule has 4 aromatic rings. The zero-order valence-corrected chi connectivity index (χ0v) is 20.3. The topological polar surface area (TPSA) is 111 Å². The van der Waals surface area contributed by atoms with E-state index < -0.39 is 9.84 Å². The highest BCUT2D eigenvalue weighted by Crippen LogP contribution is 2.39. The monoisotopic (exact) mass is 500 g/mol. The van der Waals surface area contributed by atoms with Crippen molar-refractivity contribution in [3.8, 4) is 11.4 Å². The first-order valence-electron chi connectivity index (χ1n) is 11.9. The number of hydrogen-bond donors (Lipinski definition) is 1. The third-order valence-electron chi connectivity index (χ3n) is 6.51. The molecule has 0 unspecified atom stereocenters. The summed E-state index contributed by atoms with van der Waals surface area (Å²) in [6.45, 7) is 0.542. The Hall–Kier alpha value is -3.69. The van der Waals surface area contributed by atoms with Gasteiger partial charge in [-0.25, -0.2) is 13.4 Å². The van der Waals surface area contributed by atoms with Gasteiger partial charge in [0.15, 0.2) is 9.84 Å². The predicted octanol–water partition coefficient (Wildman–Crippen LogP) is 3.80. The van der Waals surface area contributed by atoms with Crippen LogP contribution in [-0.2, 0) is 27.7 Å². The molecular formula is C27H24N4O4S. The van der Waals surface area contributed by atoms with Crippen molar-refractivity contribution in [1.82, 2.24) is 20.3 Å². The normalized spacial score (nSPS) is 16.8. The van der Waals surface area contributed by atoms with Crippen LogP contribution in [0.4, 0.5) is 0 Å². The van der Waals surface area contributed by atoms with Crippen LogP contribution in [0, 0.1) is 0 Å². The molecule has 6 rings (SSSR count). The Bertz CT molecular complexity index is 1600. The molecule has 3 aromatic heterocycles. The van der Waals surface area contributed by atoms with Crippen LogP contribution in [0.3, 0.4) is 0 Å². The predicted molar refractivity (Wildman–Crippen MR) is 134 cm³/mol. The van der Waals surface area contributed by atoms with E-state index in [4.69, 9.17) is 14.7 Å². The van der Waals surface area contributed by atoms with Crippen molar-refractivity contribution in [2.24, 2.45) is 0 Å². The maximum absolute atomic E-state index is 12.8. The van der Waals surface area contributed by atoms with Crippen molar-refractivity contribution in [3.05, 3.63) is 83.3 Å². The average Bonchev–Trinajstić information content (AvgIpc) is 3.76. The number of pyridine rings is 3. The van der Waals surface area contributed by atoms with E-state index >= 15 is 0 Å². The lowest BCUT2D eigenvalue weighted by atomic mass is 10.1. The highest BCUT2D eigenvalue weighted by Gasteiger charge is 2.25. The molecule has 1 N–H and O–H groups in total. The van der Waals surface area contributed by atoms with E-state index in [0.717, 1.165) is 28.0 Å². The summed E-state index contributed by atoms with van der Waals surface area (Å²) in [5.74, 6) is 0.0993. The van der Waals surface area contributed by atoms with E-state index in [1.807, 2.05) is 30.3 Å². The summed E-state index contributed by atoms with van der Waals surface area (Å²) in [6.07, 6.45) is 4.12. The van der Waals surface area contributed by atoms with Gasteiger partial charge in [-0.1, -0.05) is 12.1 Å². The molecule has 9 heteroatoms. The first-order valence-corrected chi connectivity index (χ1v) is 13.6. The maximum Gasteiger partial charge on any atom is 0.251 e. The Morgan fingerprint density at radius 2 is 1.89 bits per heavy atom. The van der Waals surface area contributed by atoms with Crippen molar-refractivity contribution in [2.45, 2.75) is 36.8 Å². The summed E-state index contributed by atoms with van der Waals surface area (Å²) in [7, 11) is -3.49. The van der Waals surface area contributed by atoms with E-state index in [0.29, 0.717) is 17.2 Å². The molecule has 2 aliphatic rings. The van der Waals surface area contributed by atoms with E-state index in [1.165, 1.54) is 18.9 Å². The molecule has 0 bridgehead atoms. The first kappa shape index (κ1) is 22.8. The summed E-state index contributed by atoms with van der Waals surface area (Å²) in [5, 5.41) is 3.73. The molecule has 0 saturated heterocycles. The molecule has 0 radical (unpaired) electrons. The van der Waals surface area contributed by atoms with Crippen molar-refractivity contribution in [3.63, 3.8) is 0 Å². The van der Waals surface area contributed by atoms with Gasteiger partial charge >= 0.3 is 0 Å². The van der Waals surface area contributed by atoms with Gasteiger partial charge in [0.25, 0.3) is 5.91 Å². The summed E-state index contributed by atoms with van der Waals surface area (Å²) in [5.41, 5.74) is 5.02. The van der Waals surface area contributed by atoms with Crippen molar-refractivity contribution < 1.29 is 17.9 Å². The lowest BCUT2D eigenvalue weighted by Gasteiger charge is -2.10. The fourth-order valence-corrected chi connectivity index (χ4v) is 5.73. The molecule has 4 heterocycles. The molecule has 1 aliphatic heterocycles. The Morgan fingerprint density at radius 3 is 2.75 bits per heavy atom. The molecule has 1 saturated carbocycles. The number of ether oxygens (including phenoxy) is 1. The second-order valence-electron chi connectivity index (χ2n) is 9.16. The second-order valence-corrected chi connectivity index (χ2v) is 11.2. The van der Waals surface area contributed by atoms with Gasteiger partial charge in [-0.3, -0.25) is 14.8 Å². The Kier molecular flexibility index (Phi) is 5.73. The SMILES string of the molecule is O=C(NCc1cc2nc(-c3cccc(C4CC4)n3)ccc2cn1)c1ccc2c(c1)S(=O)(=O)CCOC2. The van der Waals surface area contributed by atoms with Gasteiger partial charge in [0, 0.05) is 28.8 Å². The van der Waals surface area contributed by atoms with E-state index in [2.05, 4.69) is 16.4 Å². The number of benzene rings is 1. The van der Waals surface area contributed by atoms with Gasteiger partial charge in [-0.2, -0.15) is 0 Å². The first-order chi connectivity index (χ1) is 17.5. The van der Waals surface area contributed by atoms with Gasteiger partial charge < -0.3 is 10.1 Å². The number of sulfone groups is 1. The molecule has 8 nitrogen and oxygen atoms in total. The zero-order chi connectivity index (χ0) is 24.7. The largest absolute Gasteiger partial charge is 0.376 e. The minimum Gasteiger partial charge on any atom is -0.376 e. The Labute approximate surface area is 208 Å². The molecular weight excluding hydrogens is 476 g/mol. The number of hydrogen-bond acceptors (Lipinski definition) is 7. The highest BCUT2D eigenvalue weighted by molar-refractivity contribution is 7.91. The van der Waals surface area contributed by atoms with Gasteiger partial charge in [0.2, 0.25) is 0 Å². The van der Waals surface area contributed by atoms with Crippen LogP contribution in [0.1, 0.15) is 46.1 Å². The minimum atomic E-state index is -3.49. The minimum absolute atomic E-state index is 0.0958. The molecule has 0 atom stereocenters. The third-order valence-corrected chi connectivity index (χ3v) is 8.26. The van der Waals surface area contributed by atoms with Crippen molar-refractivity contribution >= 4 is 26.6 Å². The number of nitrogens with zero attached hydrogens (tertiary/aromatic N) is 3. The zero-order valence-electron chi connectivity index (χ0n) is 19.5. The van der Waals surface area contributed by atoms with E-state index in [9.17, 15) is 13.2 Å². The molecule has 1 aliphatic carbocycles. The molecule has 1 aromatic carbocycles. The lowest BCUT2D eigenvalue weighted by molar-refractivity contribution is 0.0950. The summed E-state index contributed by atoms with van der Waals surface area (Å²) in [4.78, 5) is 27.0. The van der Waals surface area contributed by atoms with Crippen LogP contribution >= 0.6 is 0 Å². The van der Waals surface area contributed by atoms with E-state index in [1.54, 1.807) is 18.3 Å². The smallest absolute Gasteiger partial charge is 0.251 e. The molecule has 36 heavy (non-hydrogen) atoms. The van der Waals surface area contributed by atoms with Gasteiger partial charge in [0.1, 0.15) is 0 Å². The standard InChI is InChI=1S/C27H24N4O4S/c32-27(18-6-7-20-16-35-10-11-36(33,34)26(20)12-18)29-15-21-13-25-19(14-28-21)8-9-24(31-25)23-3-1-2-22(30-23)17-4-5-17/h1-3,6-9,12-14,17H,4-5,10-11,15-16H2,(H,29,32). The van der Waals surface area contributed by atoms with Crippen molar-refractivity contribution in [1.29, 1.82) is 0 Å². The lowest BCUT2D eigenvalue weighted by Crippen LogP contribution is -2.23. The summed E-state index contributed by atoms with van der Waals surface area (Å²) >= 11 is 0. The molecule has 182 valence electrons. The third kappa shape index (κ3) is 4.59. The summed E-state index contributed by atoms with van der Waals surface area (Å²) in [6, 6.07) is 16.5. The number of fused-ring (bicyclic) bond motifs is 2. The van der Waals surface area contributed by atoms with Gasteiger partial charge in [0.05, 0.1) is 53.0 Å². The van der Waals surface area contributed by atoms with Crippen LogP contribution in [0.25, 0.3) is 22.3 Å². The average molecular weight is 501 g/mol. The Morgan fingerprint density at radius 1 is 1.03 bits per heavy atom. The summed E-state index contributed by atoms with van der Waals surface area (Å²) < 4.78 is 30.4. The highest BCUT2D eigenvalue weighted by atomic mass is 32.2. The van der Waals surface area contributed by atoms with E-state index in [-0.39, 0.29) is 41.9 Å². The molecule has 0 spiro atoms. The molecule has 1 fully saturated rings. The fraction of sp³-hybridized carbons (Fsp3) is 0.259. The number of carbonyl (C=O) groups excluding carboxylic acids is 1. The van der Waals surface area contributed by atoms with Crippen LogP contribution in [-0.4, -0.2) is 41.6 Å². The van der Waals surface area contributed by atoms with Crippen LogP contribution in [0.2, 0.25) is 0 Å². The Balaban J connectivity index is 1.21. The molecule has 1 amide bonds. The fourth-order valence-electron chi connectivity index (χ4n) is 4.34. The van der Waals surface area contributed by atoms with Crippen LogP contribution in [0.15, 0.2) is 65.7 Å². The maximum atomic E-state index is 12.8. The number of rotatable bonds is 5. The van der Waals surface area contributed by atoms with Crippen molar-refractivity contribution in [2.75, 3.05) is 12.4 Å². The number of nitrogens with one attached hydrogen (secondary N) is 1. The van der Waals surface area contributed by atoms with Crippen LogP contribution < -0.4 is 5.32 Å². The number of amides is 1. The van der Waals surface area contributed by atoms with Gasteiger partial charge in [-0.05, 0) is 60.9 Å². The van der Waals surface area contributed by atoms with Crippen LogP contribution in [0.5, 0.6) is 0 Å². The second kappa shape index (κ2) is 9.07. The number of aromatic nitrogens is 3. The quantitative estimate of drug-likeness (QED) is 0.444. The van der Waals surface area contributed by atoms with Gasteiger partial charge in [-0.15, -0.1) is 0 Å². The number of carbonyl (C=O) groups is 1.